The van der Waals surface area contributed by atoms with Crippen molar-refractivity contribution in [2.75, 3.05) is 34.5 Å². The summed E-state index contributed by atoms with van der Waals surface area (Å²) in [4.78, 5) is 77.2. The molecule has 4 rings (SSSR count). The lowest BCUT2D eigenvalue weighted by Gasteiger charge is -2.58. The van der Waals surface area contributed by atoms with Crippen molar-refractivity contribution in [3.05, 3.63) is 24.3 Å². The molecule has 14 heteroatoms. The van der Waals surface area contributed by atoms with Gasteiger partial charge < -0.3 is 38.6 Å². The van der Waals surface area contributed by atoms with E-state index in [2.05, 4.69) is 33.9 Å². The third-order valence-electron chi connectivity index (χ3n) is 15.0. The molecular weight excluding hydrogens is 764 g/mol. The highest BCUT2D eigenvalue weighted by atomic mass is 16.6. The first kappa shape index (κ1) is 47.9. The summed E-state index contributed by atoms with van der Waals surface area (Å²) in [6.45, 7) is 19.5. The number of ether oxygens (including phenoxy) is 6. The predicted molar refractivity (Wildman–Crippen MR) is 215 cm³/mol. The highest BCUT2D eigenvalue weighted by molar-refractivity contribution is 5.87. The Hall–Kier alpha value is -3.78. The van der Waals surface area contributed by atoms with Gasteiger partial charge in [-0.05, 0) is 86.9 Å². The predicted octanol–water partition coefficient (Wildman–Crippen LogP) is 6.72. The fourth-order valence-corrected chi connectivity index (χ4v) is 11.8. The summed E-state index contributed by atoms with van der Waals surface area (Å²) in [7, 11) is 3.50. The Balaban J connectivity index is 1.59. The molecule has 332 valence electrons. The lowest BCUT2D eigenvalue weighted by atomic mass is 9.48. The van der Waals surface area contributed by atoms with E-state index in [9.17, 15) is 39.0 Å². The van der Waals surface area contributed by atoms with E-state index in [4.69, 9.17) is 28.4 Å². The highest BCUT2D eigenvalue weighted by Gasteiger charge is 2.58. The number of aliphatic carboxylic acids is 2. The summed E-state index contributed by atoms with van der Waals surface area (Å²) in [5.74, 6) is -9.12. The van der Waals surface area contributed by atoms with Crippen LogP contribution in [0.25, 0.3) is 0 Å². The number of carbonyl (C=O) groups is 6. The van der Waals surface area contributed by atoms with Crippen molar-refractivity contribution in [1.82, 2.24) is 0 Å². The molecule has 0 aromatic carbocycles. The molecule has 4 aliphatic carbocycles. The average Bonchev–Trinajstić information content (AvgIpc) is 3.15. The molecule has 4 saturated carbocycles. The van der Waals surface area contributed by atoms with Crippen molar-refractivity contribution in [3.63, 3.8) is 0 Å². The Bertz CT molecular complexity index is 1620. The van der Waals surface area contributed by atoms with Crippen LogP contribution < -0.4 is 0 Å². The maximum absolute atomic E-state index is 14.5. The van der Waals surface area contributed by atoms with Gasteiger partial charge in [0.2, 0.25) is 0 Å². The van der Waals surface area contributed by atoms with E-state index in [1.54, 1.807) is 0 Å². The average molecular weight is 833 g/mol. The van der Waals surface area contributed by atoms with Gasteiger partial charge in [-0.15, -0.1) is 0 Å². The number of fused-ring (bicyclic) bond motifs is 2. The van der Waals surface area contributed by atoms with Crippen LogP contribution in [-0.2, 0) is 57.2 Å². The van der Waals surface area contributed by atoms with Crippen molar-refractivity contribution in [2.24, 2.45) is 51.8 Å². The summed E-state index contributed by atoms with van der Waals surface area (Å²) >= 11 is 0. The molecule has 11 atom stereocenters. The van der Waals surface area contributed by atoms with Crippen LogP contribution in [-0.4, -0.2) is 98.4 Å². The van der Waals surface area contributed by atoms with Crippen molar-refractivity contribution in [1.29, 1.82) is 0 Å². The fraction of sp³-hybridized carbons (Fsp3) is 0.778. The SMILES string of the molecule is C=C1CCC2C(C)(C)CCCC2(C)C1COC(C(=O)OC)C(CC(=O)O)C(=O)OC1(C)CCCC2(C)C(COC(CC(=O)OC)C(CC(=O)OC)C(=O)O)C(=C)CCC12. The van der Waals surface area contributed by atoms with Crippen LogP contribution >= 0.6 is 0 Å². The molecule has 4 fully saturated rings. The second kappa shape index (κ2) is 19.3. The third-order valence-corrected chi connectivity index (χ3v) is 15.0. The Kier molecular flexibility index (Phi) is 15.7. The number of carbonyl (C=O) groups excluding carboxylic acids is 4. The maximum atomic E-state index is 14.5. The number of methoxy groups -OCH3 is 3. The Labute approximate surface area is 349 Å². The fourth-order valence-electron chi connectivity index (χ4n) is 11.8. The molecule has 0 bridgehead atoms. The standard InChI is InChI=1S/C45H68O14/c1-26-13-15-33-42(3,4)17-11-18-43(33,5)31(26)25-58-38(41(53)56-10)29(21-35(46)47)40(52)59-45(7)20-12-19-44(6)30(27(2)14-16-34(44)45)24-57-32(23-37(49)55-9)28(39(50)51)22-36(48)54-8/h28-34,38H,1-2,11-25H2,3-10H3,(H,46,47)(H,50,51). The van der Waals surface area contributed by atoms with Crippen molar-refractivity contribution >= 4 is 35.8 Å². The first-order valence-electron chi connectivity index (χ1n) is 21.1. The first-order valence-corrected chi connectivity index (χ1v) is 21.1. The van der Waals surface area contributed by atoms with Gasteiger partial charge in [-0.2, -0.15) is 0 Å². The van der Waals surface area contributed by atoms with Crippen molar-refractivity contribution in [2.45, 2.75) is 136 Å². The van der Waals surface area contributed by atoms with E-state index >= 15 is 0 Å². The highest BCUT2D eigenvalue weighted by Crippen LogP contribution is 2.61. The molecule has 11 unspecified atom stereocenters. The molecule has 0 aromatic rings. The summed E-state index contributed by atoms with van der Waals surface area (Å²) in [5.41, 5.74) is 0.127. The van der Waals surface area contributed by atoms with E-state index in [1.807, 2.05) is 13.8 Å². The summed E-state index contributed by atoms with van der Waals surface area (Å²) in [5, 5.41) is 20.1. The molecule has 0 aliphatic heterocycles. The zero-order valence-corrected chi connectivity index (χ0v) is 36.4. The third kappa shape index (κ3) is 10.4. The van der Waals surface area contributed by atoms with Gasteiger partial charge in [0.15, 0.2) is 6.10 Å². The van der Waals surface area contributed by atoms with Gasteiger partial charge in [0.25, 0.3) is 0 Å². The van der Waals surface area contributed by atoms with Crippen LogP contribution in [0.15, 0.2) is 24.3 Å². The molecule has 0 radical (unpaired) electrons. The van der Waals surface area contributed by atoms with Crippen molar-refractivity contribution in [3.8, 4) is 0 Å². The lowest BCUT2D eigenvalue weighted by molar-refractivity contribution is -0.201. The molecule has 14 nitrogen and oxygen atoms in total. The largest absolute Gasteiger partial charge is 0.481 e. The van der Waals surface area contributed by atoms with Gasteiger partial charge in [-0.3, -0.25) is 24.0 Å². The van der Waals surface area contributed by atoms with Gasteiger partial charge in [0.05, 0.1) is 65.8 Å². The molecule has 0 heterocycles. The lowest BCUT2D eigenvalue weighted by Crippen LogP contribution is -2.57. The Morgan fingerprint density at radius 2 is 1.19 bits per heavy atom. The molecule has 0 amide bonds. The molecular formula is C45H68O14. The number of carboxylic acid groups (broad SMARTS) is 2. The second-order valence-electron chi connectivity index (χ2n) is 18.9. The van der Waals surface area contributed by atoms with E-state index in [1.165, 1.54) is 14.2 Å². The minimum absolute atomic E-state index is 0.0359. The Morgan fingerprint density at radius 3 is 1.73 bits per heavy atom. The van der Waals surface area contributed by atoms with E-state index < -0.39 is 90.1 Å². The van der Waals surface area contributed by atoms with Gasteiger partial charge in [-0.25, -0.2) is 4.79 Å². The zero-order valence-electron chi connectivity index (χ0n) is 36.4. The van der Waals surface area contributed by atoms with E-state index in [0.717, 1.165) is 50.4 Å². The molecule has 2 N–H and O–H groups in total. The van der Waals surface area contributed by atoms with Gasteiger partial charge in [0, 0.05) is 17.8 Å². The molecule has 0 saturated heterocycles. The van der Waals surface area contributed by atoms with Crippen LogP contribution in [0.5, 0.6) is 0 Å². The van der Waals surface area contributed by atoms with Gasteiger partial charge in [-0.1, -0.05) is 58.4 Å². The van der Waals surface area contributed by atoms with E-state index in [0.29, 0.717) is 38.0 Å². The van der Waals surface area contributed by atoms with Crippen LogP contribution in [0, 0.1) is 51.8 Å². The van der Waals surface area contributed by atoms with Crippen LogP contribution in [0.3, 0.4) is 0 Å². The minimum Gasteiger partial charge on any atom is -0.481 e. The molecule has 4 aliphatic rings. The summed E-state index contributed by atoms with van der Waals surface area (Å²) in [6, 6.07) is 0. The molecule has 0 spiro atoms. The number of hydrogen-bond acceptors (Lipinski definition) is 12. The monoisotopic (exact) mass is 832 g/mol. The topological polar surface area (TPSA) is 198 Å². The number of rotatable bonds is 18. The number of esters is 4. The number of carboxylic acids is 2. The van der Waals surface area contributed by atoms with E-state index in [-0.39, 0.29) is 41.8 Å². The normalized spacial score (nSPS) is 32.2. The molecule has 59 heavy (non-hydrogen) atoms. The first-order chi connectivity index (χ1) is 27.6. The van der Waals surface area contributed by atoms with Gasteiger partial charge in [0.1, 0.15) is 11.5 Å². The second-order valence-corrected chi connectivity index (χ2v) is 18.9. The number of hydrogen-bond donors (Lipinski definition) is 2. The maximum Gasteiger partial charge on any atom is 0.335 e. The Morgan fingerprint density at radius 1 is 0.661 bits per heavy atom. The van der Waals surface area contributed by atoms with Crippen LogP contribution in [0.4, 0.5) is 0 Å². The molecule has 0 aromatic heterocycles. The smallest absolute Gasteiger partial charge is 0.335 e. The summed E-state index contributed by atoms with van der Waals surface area (Å²) < 4.78 is 33.7. The zero-order chi connectivity index (χ0) is 44.1. The summed E-state index contributed by atoms with van der Waals surface area (Å²) in [6.07, 6.45) is 3.41. The van der Waals surface area contributed by atoms with Crippen molar-refractivity contribution < 1.29 is 67.4 Å². The van der Waals surface area contributed by atoms with Gasteiger partial charge >= 0.3 is 35.8 Å². The quantitative estimate of drug-likeness (QED) is 0.0838. The minimum atomic E-state index is -1.54. The van der Waals surface area contributed by atoms with Crippen LogP contribution in [0.2, 0.25) is 0 Å². The van der Waals surface area contributed by atoms with Crippen LogP contribution in [0.1, 0.15) is 118 Å².